The second-order valence-corrected chi connectivity index (χ2v) is 6.57. The van der Waals surface area contributed by atoms with Gasteiger partial charge < -0.3 is 0 Å². The van der Waals surface area contributed by atoms with E-state index in [9.17, 15) is 9.59 Å². The molecule has 1 aromatic rings. The minimum Gasteiger partial charge on any atom is -0.274 e. The molecule has 4 atom stereocenters. The van der Waals surface area contributed by atoms with E-state index in [4.69, 9.17) is 0 Å². The smallest absolute Gasteiger partial charge is 0.238 e. The molecule has 4 unspecified atom stereocenters. The van der Waals surface area contributed by atoms with E-state index >= 15 is 0 Å². The molecule has 5 rings (SSSR count). The molecule has 100 valence electrons. The average Bonchev–Trinajstić information content (AvgIpc) is 3.06. The van der Waals surface area contributed by atoms with Gasteiger partial charge >= 0.3 is 0 Å². The summed E-state index contributed by atoms with van der Waals surface area (Å²) >= 11 is 0. The fraction of sp³-hybridized carbons (Fsp3) is 0.412. The van der Waals surface area contributed by atoms with Crippen molar-refractivity contribution >= 4 is 17.5 Å². The topological polar surface area (TPSA) is 37.4 Å². The van der Waals surface area contributed by atoms with Gasteiger partial charge in [0.1, 0.15) is 0 Å². The first-order chi connectivity index (χ1) is 9.74. The van der Waals surface area contributed by atoms with Crippen molar-refractivity contribution in [1.82, 2.24) is 0 Å². The molecule has 0 N–H and O–H groups in total. The van der Waals surface area contributed by atoms with E-state index in [0.29, 0.717) is 11.8 Å². The molecular formula is C17H15NO2. The van der Waals surface area contributed by atoms with Gasteiger partial charge in [-0.1, -0.05) is 30.4 Å². The van der Waals surface area contributed by atoms with Crippen molar-refractivity contribution in [2.24, 2.45) is 29.1 Å². The third-order valence-electron chi connectivity index (χ3n) is 5.87. The van der Waals surface area contributed by atoms with Gasteiger partial charge in [-0.2, -0.15) is 0 Å². The van der Waals surface area contributed by atoms with E-state index in [1.807, 2.05) is 30.3 Å². The summed E-state index contributed by atoms with van der Waals surface area (Å²) in [5.41, 5.74) is 1.00. The van der Waals surface area contributed by atoms with Crippen LogP contribution in [-0.4, -0.2) is 11.8 Å². The number of imide groups is 1. The molecule has 2 saturated carbocycles. The lowest BCUT2D eigenvalue weighted by Crippen LogP contribution is -2.34. The van der Waals surface area contributed by atoms with Crippen LogP contribution in [0, 0.1) is 29.1 Å². The molecule has 2 bridgehead atoms. The molecule has 1 spiro atoms. The molecule has 1 aromatic carbocycles. The number of carbonyl (C=O) groups is 2. The summed E-state index contributed by atoms with van der Waals surface area (Å²) in [7, 11) is 0. The van der Waals surface area contributed by atoms with Gasteiger partial charge in [0.2, 0.25) is 11.8 Å². The van der Waals surface area contributed by atoms with Gasteiger partial charge in [0, 0.05) is 0 Å². The molecular weight excluding hydrogens is 250 g/mol. The van der Waals surface area contributed by atoms with Crippen LogP contribution in [0.4, 0.5) is 5.69 Å². The number of rotatable bonds is 1. The Labute approximate surface area is 117 Å². The van der Waals surface area contributed by atoms with Crippen LogP contribution >= 0.6 is 0 Å². The Morgan fingerprint density at radius 1 is 0.900 bits per heavy atom. The maximum Gasteiger partial charge on any atom is 0.238 e. The van der Waals surface area contributed by atoms with E-state index in [1.165, 1.54) is 17.7 Å². The standard InChI is InChI=1S/C17H15NO2/c19-15-13-11-6-7-12(17(11)8-9-17)14(13)16(20)18(15)10-4-2-1-3-5-10/h1-7,11-14H,8-9H2. The van der Waals surface area contributed by atoms with E-state index in [-0.39, 0.29) is 29.1 Å². The fourth-order valence-electron chi connectivity index (χ4n) is 4.91. The zero-order valence-electron chi connectivity index (χ0n) is 11.0. The maximum absolute atomic E-state index is 12.8. The highest BCUT2D eigenvalue weighted by molar-refractivity contribution is 6.23. The highest BCUT2D eigenvalue weighted by Crippen LogP contribution is 2.73. The summed E-state index contributed by atoms with van der Waals surface area (Å²) in [6, 6.07) is 9.34. The van der Waals surface area contributed by atoms with Crippen LogP contribution in [0.1, 0.15) is 12.8 Å². The summed E-state index contributed by atoms with van der Waals surface area (Å²) in [4.78, 5) is 27.0. The molecule has 3 fully saturated rings. The van der Waals surface area contributed by atoms with E-state index < -0.39 is 0 Å². The molecule has 3 aliphatic carbocycles. The number of hydrogen-bond donors (Lipinski definition) is 0. The van der Waals surface area contributed by atoms with Crippen molar-refractivity contribution in [1.29, 1.82) is 0 Å². The third-order valence-corrected chi connectivity index (χ3v) is 5.87. The Kier molecular flexibility index (Phi) is 1.74. The first-order valence-electron chi connectivity index (χ1n) is 7.35. The van der Waals surface area contributed by atoms with Gasteiger partial charge in [0.05, 0.1) is 17.5 Å². The molecule has 1 aliphatic heterocycles. The van der Waals surface area contributed by atoms with Gasteiger partial charge in [-0.25, -0.2) is 0 Å². The molecule has 0 radical (unpaired) electrons. The summed E-state index contributed by atoms with van der Waals surface area (Å²) in [5.74, 6) is 0.467. The number of carbonyl (C=O) groups excluding carboxylic acids is 2. The highest BCUT2D eigenvalue weighted by atomic mass is 16.2. The Morgan fingerprint density at radius 3 is 1.95 bits per heavy atom. The van der Waals surface area contributed by atoms with Crippen molar-refractivity contribution in [2.75, 3.05) is 4.90 Å². The maximum atomic E-state index is 12.8. The molecule has 2 amide bonds. The SMILES string of the molecule is O=C1C2C(C(=O)N1c1ccccc1)C1C=CC2C12CC2. The van der Waals surface area contributed by atoms with Crippen LogP contribution in [0.15, 0.2) is 42.5 Å². The summed E-state index contributed by atoms with van der Waals surface area (Å²) in [5, 5.41) is 0. The zero-order valence-corrected chi connectivity index (χ0v) is 11.0. The van der Waals surface area contributed by atoms with Crippen molar-refractivity contribution in [2.45, 2.75) is 12.8 Å². The van der Waals surface area contributed by atoms with Crippen LogP contribution in [-0.2, 0) is 9.59 Å². The second-order valence-electron chi connectivity index (χ2n) is 6.57. The number of anilines is 1. The van der Waals surface area contributed by atoms with Crippen molar-refractivity contribution in [3.8, 4) is 0 Å². The van der Waals surface area contributed by atoms with E-state index in [1.54, 1.807) is 0 Å². The molecule has 4 aliphatic rings. The quantitative estimate of drug-likeness (QED) is 0.577. The van der Waals surface area contributed by atoms with Crippen LogP contribution in [0.2, 0.25) is 0 Å². The lowest BCUT2D eigenvalue weighted by Gasteiger charge is -2.21. The van der Waals surface area contributed by atoms with Gasteiger partial charge in [-0.3, -0.25) is 14.5 Å². The van der Waals surface area contributed by atoms with E-state index in [0.717, 1.165) is 5.69 Å². The highest BCUT2D eigenvalue weighted by Gasteiger charge is 2.73. The first-order valence-corrected chi connectivity index (χ1v) is 7.35. The summed E-state index contributed by atoms with van der Waals surface area (Å²) < 4.78 is 0. The normalized spacial score (nSPS) is 38.9. The number of benzene rings is 1. The van der Waals surface area contributed by atoms with Crippen LogP contribution in [0.5, 0.6) is 0 Å². The summed E-state index contributed by atoms with van der Waals surface area (Å²) in [6.07, 6.45) is 6.79. The van der Waals surface area contributed by atoms with Crippen LogP contribution in [0.3, 0.4) is 0 Å². The minimum atomic E-state index is -0.0970. The summed E-state index contributed by atoms with van der Waals surface area (Å²) in [6.45, 7) is 0. The average molecular weight is 265 g/mol. The third kappa shape index (κ3) is 1.02. The number of allylic oxidation sites excluding steroid dienone is 2. The number of nitrogens with zero attached hydrogens (tertiary/aromatic N) is 1. The zero-order chi connectivity index (χ0) is 13.5. The van der Waals surface area contributed by atoms with Gasteiger partial charge in [-0.05, 0) is 42.2 Å². The van der Waals surface area contributed by atoms with Crippen molar-refractivity contribution in [3.63, 3.8) is 0 Å². The second kappa shape index (κ2) is 3.22. The fourth-order valence-corrected chi connectivity index (χ4v) is 4.91. The predicted octanol–water partition coefficient (Wildman–Crippen LogP) is 2.39. The van der Waals surface area contributed by atoms with Gasteiger partial charge in [0.25, 0.3) is 0 Å². The Balaban J connectivity index is 1.60. The Hall–Kier alpha value is -1.90. The first kappa shape index (κ1) is 10.8. The van der Waals surface area contributed by atoms with E-state index in [2.05, 4.69) is 12.2 Å². The molecule has 3 nitrogen and oxygen atoms in total. The molecule has 0 aromatic heterocycles. The van der Waals surface area contributed by atoms with Crippen LogP contribution < -0.4 is 4.90 Å². The molecule has 1 saturated heterocycles. The predicted molar refractivity (Wildman–Crippen MR) is 73.7 cm³/mol. The molecule has 1 heterocycles. The number of fused-ring (bicyclic) bond motifs is 3. The van der Waals surface area contributed by atoms with Gasteiger partial charge in [-0.15, -0.1) is 0 Å². The number of amides is 2. The van der Waals surface area contributed by atoms with Crippen LogP contribution in [0.25, 0.3) is 0 Å². The monoisotopic (exact) mass is 265 g/mol. The Morgan fingerprint density at radius 2 is 1.45 bits per heavy atom. The lowest BCUT2D eigenvalue weighted by atomic mass is 9.85. The van der Waals surface area contributed by atoms with Crippen molar-refractivity contribution < 1.29 is 9.59 Å². The molecule has 3 heteroatoms. The minimum absolute atomic E-state index is 0.0225. The largest absolute Gasteiger partial charge is 0.274 e. The number of hydrogen-bond acceptors (Lipinski definition) is 2. The number of para-hydroxylation sites is 1. The molecule has 20 heavy (non-hydrogen) atoms. The van der Waals surface area contributed by atoms with Crippen molar-refractivity contribution in [3.05, 3.63) is 42.5 Å². The lowest BCUT2D eigenvalue weighted by molar-refractivity contribution is -0.123. The van der Waals surface area contributed by atoms with Gasteiger partial charge in [0.15, 0.2) is 0 Å². The Bertz CT molecular complexity index is 625.